The van der Waals surface area contributed by atoms with Gasteiger partial charge in [0.05, 0.1) is 13.2 Å². The van der Waals surface area contributed by atoms with Crippen LogP contribution in [-0.2, 0) is 11.3 Å². The van der Waals surface area contributed by atoms with E-state index < -0.39 is 0 Å². The second-order valence-corrected chi connectivity index (χ2v) is 6.23. The van der Waals surface area contributed by atoms with E-state index in [1.54, 1.807) is 18.4 Å². The van der Waals surface area contributed by atoms with E-state index in [2.05, 4.69) is 28.2 Å². The van der Waals surface area contributed by atoms with Gasteiger partial charge in [0.2, 0.25) is 0 Å². The summed E-state index contributed by atoms with van der Waals surface area (Å²) in [7, 11) is 1.78. The molecule has 4 heteroatoms. The van der Waals surface area contributed by atoms with Crippen LogP contribution in [0.25, 0.3) is 0 Å². The zero-order chi connectivity index (χ0) is 14.2. The lowest BCUT2D eigenvalue weighted by molar-refractivity contribution is 0.0878. The number of nitrogens with zero attached hydrogens (tertiary/aromatic N) is 1. The predicted octanol–water partition coefficient (Wildman–Crippen LogP) is 2.34. The first-order chi connectivity index (χ1) is 9.83. The molecule has 1 atom stereocenters. The van der Waals surface area contributed by atoms with Crippen LogP contribution in [0.4, 0.5) is 0 Å². The molecule has 1 saturated heterocycles. The van der Waals surface area contributed by atoms with Crippen LogP contribution in [0.3, 0.4) is 0 Å². The first-order valence-electron chi connectivity index (χ1n) is 7.21. The monoisotopic (exact) mass is 293 g/mol. The van der Waals surface area contributed by atoms with E-state index in [1.807, 2.05) is 0 Å². The minimum atomic E-state index is 0.136. The maximum absolute atomic E-state index is 8.78. The fraction of sp³-hybridized carbons (Fsp3) is 0.625. The van der Waals surface area contributed by atoms with Gasteiger partial charge in [0.15, 0.2) is 0 Å². The molecule has 1 aliphatic heterocycles. The van der Waals surface area contributed by atoms with Crippen LogP contribution >= 0.6 is 11.3 Å². The Balaban J connectivity index is 1.93. The number of likely N-dealkylation sites (tertiary alicyclic amines) is 1. The highest BCUT2D eigenvalue weighted by molar-refractivity contribution is 7.10. The molecule has 2 rings (SSSR count). The normalized spacial score (nSPS) is 19.6. The Kier molecular flexibility index (Phi) is 6.55. The van der Waals surface area contributed by atoms with Gasteiger partial charge in [-0.1, -0.05) is 11.8 Å². The molecule has 0 bridgehead atoms. The molecule has 0 aromatic carbocycles. The summed E-state index contributed by atoms with van der Waals surface area (Å²) in [5.74, 6) is 6.85. The van der Waals surface area contributed by atoms with Gasteiger partial charge >= 0.3 is 0 Å². The minimum Gasteiger partial charge on any atom is -0.395 e. The molecule has 1 aromatic heterocycles. The van der Waals surface area contributed by atoms with Crippen molar-refractivity contribution in [2.24, 2.45) is 5.92 Å². The number of aliphatic hydroxyl groups excluding tert-OH is 1. The van der Waals surface area contributed by atoms with Crippen molar-refractivity contribution in [3.05, 3.63) is 21.9 Å². The third-order valence-corrected chi connectivity index (χ3v) is 4.48. The van der Waals surface area contributed by atoms with Gasteiger partial charge in [-0.3, -0.25) is 4.90 Å². The quantitative estimate of drug-likeness (QED) is 0.846. The van der Waals surface area contributed by atoms with E-state index in [4.69, 9.17) is 9.84 Å². The lowest BCUT2D eigenvalue weighted by Crippen LogP contribution is -2.36. The molecule has 3 nitrogen and oxygen atoms in total. The summed E-state index contributed by atoms with van der Waals surface area (Å²) in [6.45, 7) is 4.28. The highest BCUT2D eigenvalue weighted by Gasteiger charge is 2.20. The zero-order valence-corrected chi connectivity index (χ0v) is 12.9. The van der Waals surface area contributed by atoms with Crippen molar-refractivity contribution in [1.29, 1.82) is 0 Å². The molecule has 1 N–H and O–H groups in total. The molecule has 20 heavy (non-hydrogen) atoms. The van der Waals surface area contributed by atoms with Gasteiger partial charge in [-0.05, 0) is 36.8 Å². The van der Waals surface area contributed by atoms with Gasteiger partial charge in [0.25, 0.3) is 0 Å². The number of aliphatic hydroxyl groups is 1. The fourth-order valence-corrected chi connectivity index (χ4v) is 3.53. The molecular weight excluding hydrogens is 270 g/mol. The van der Waals surface area contributed by atoms with Gasteiger partial charge in [-0.15, -0.1) is 11.3 Å². The van der Waals surface area contributed by atoms with Gasteiger partial charge in [-0.2, -0.15) is 0 Å². The molecule has 0 spiro atoms. The summed E-state index contributed by atoms with van der Waals surface area (Å²) in [5.41, 5.74) is 1.12. The Labute approximate surface area is 125 Å². The number of ether oxygens (including phenoxy) is 1. The third-order valence-electron chi connectivity index (χ3n) is 3.58. The summed E-state index contributed by atoms with van der Waals surface area (Å²) in [6, 6.07) is 2.08. The number of rotatable bonds is 5. The molecule has 0 amide bonds. The first-order valence-corrected chi connectivity index (χ1v) is 8.09. The Morgan fingerprint density at radius 2 is 2.45 bits per heavy atom. The van der Waals surface area contributed by atoms with Gasteiger partial charge in [0.1, 0.15) is 0 Å². The lowest BCUT2D eigenvalue weighted by Gasteiger charge is -2.32. The SMILES string of the molecule is COCC1CCCN(Cc2sccc2C#CCCO)C1. The van der Waals surface area contributed by atoms with E-state index in [1.165, 1.54) is 24.3 Å². The van der Waals surface area contributed by atoms with E-state index >= 15 is 0 Å². The van der Waals surface area contributed by atoms with Crippen molar-refractivity contribution in [2.75, 3.05) is 33.4 Å². The summed E-state index contributed by atoms with van der Waals surface area (Å²) in [6.07, 6.45) is 3.08. The van der Waals surface area contributed by atoms with Crippen molar-refractivity contribution in [1.82, 2.24) is 4.90 Å². The first kappa shape index (κ1) is 15.5. The second kappa shape index (κ2) is 8.43. The van der Waals surface area contributed by atoms with E-state index in [-0.39, 0.29) is 6.61 Å². The van der Waals surface area contributed by atoms with Crippen molar-refractivity contribution < 1.29 is 9.84 Å². The average Bonchev–Trinajstić information content (AvgIpc) is 2.87. The third kappa shape index (κ3) is 4.60. The molecule has 0 radical (unpaired) electrons. The summed E-state index contributed by atoms with van der Waals surface area (Å²) in [4.78, 5) is 3.85. The topological polar surface area (TPSA) is 32.7 Å². The second-order valence-electron chi connectivity index (χ2n) is 5.23. The van der Waals surface area contributed by atoms with E-state index in [0.717, 1.165) is 25.3 Å². The standard InChI is InChI=1S/C16H23NO2S/c1-19-13-14-5-4-8-17(11-14)12-16-15(7-10-20-16)6-2-3-9-18/h7,10,14,18H,3-5,8-9,11-13H2,1H3. The van der Waals surface area contributed by atoms with Gasteiger partial charge in [-0.25, -0.2) is 0 Å². The molecule has 0 saturated carbocycles. The van der Waals surface area contributed by atoms with Crippen LogP contribution in [0.2, 0.25) is 0 Å². The molecular formula is C16H23NO2S. The predicted molar refractivity (Wildman–Crippen MR) is 82.8 cm³/mol. The molecule has 1 unspecified atom stereocenters. The number of thiophene rings is 1. The largest absolute Gasteiger partial charge is 0.395 e. The average molecular weight is 293 g/mol. The van der Waals surface area contributed by atoms with Crippen LogP contribution in [0.5, 0.6) is 0 Å². The Morgan fingerprint density at radius 3 is 3.25 bits per heavy atom. The lowest BCUT2D eigenvalue weighted by atomic mass is 9.99. The molecule has 0 aliphatic carbocycles. The van der Waals surface area contributed by atoms with Crippen molar-refractivity contribution >= 4 is 11.3 Å². The zero-order valence-electron chi connectivity index (χ0n) is 12.1. The minimum absolute atomic E-state index is 0.136. The number of hydrogen-bond acceptors (Lipinski definition) is 4. The Bertz CT molecular complexity index is 459. The van der Waals surface area contributed by atoms with Crippen molar-refractivity contribution in [3.63, 3.8) is 0 Å². The van der Waals surface area contributed by atoms with E-state index in [9.17, 15) is 0 Å². The maximum atomic E-state index is 8.78. The molecule has 1 fully saturated rings. The number of piperidine rings is 1. The fourth-order valence-electron chi connectivity index (χ4n) is 2.66. The highest BCUT2D eigenvalue weighted by Crippen LogP contribution is 2.23. The van der Waals surface area contributed by atoms with Gasteiger partial charge in [0, 0.05) is 37.1 Å². The smallest absolute Gasteiger partial charge is 0.0540 e. The van der Waals surface area contributed by atoms with Crippen molar-refractivity contribution in [3.8, 4) is 11.8 Å². The molecule has 1 aliphatic rings. The van der Waals surface area contributed by atoms with E-state index in [0.29, 0.717) is 12.3 Å². The highest BCUT2D eigenvalue weighted by atomic mass is 32.1. The molecule has 2 heterocycles. The number of methoxy groups -OCH3 is 1. The van der Waals surface area contributed by atoms with Crippen LogP contribution < -0.4 is 0 Å². The van der Waals surface area contributed by atoms with Crippen LogP contribution in [0.1, 0.15) is 29.7 Å². The Morgan fingerprint density at radius 1 is 1.55 bits per heavy atom. The molecule has 1 aromatic rings. The maximum Gasteiger partial charge on any atom is 0.0540 e. The summed E-state index contributed by atoms with van der Waals surface area (Å²) >= 11 is 1.78. The molecule has 110 valence electrons. The summed E-state index contributed by atoms with van der Waals surface area (Å²) in [5, 5.41) is 10.9. The van der Waals surface area contributed by atoms with Gasteiger partial charge < -0.3 is 9.84 Å². The Hall–Kier alpha value is -0.860. The van der Waals surface area contributed by atoms with Crippen LogP contribution in [-0.4, -0.2) is 43.4 Å². The number of hydrogen-bond donors (Lipinski definition) is 1. The van der Waals surface area contributed by atoms with Crippen LogP contribution in [0.15, 0.2) is 11.4 Å². The summed E-state index contributed by atoms with van der Waals surface area (Å²) < 4.78 is 5.28. The van der Waals surface area contributed by atoms with Crippen LogP contribution in [0, 0.1) is 17.8 Å². The van der Waals surface area contributed by atoms with Crippen molar-refractivity contribution in [2.45, 2.75) is 25.8 Å².